The van der Waals surface area contributed by atoms with Gasteiger partial charge < -0.3 is 15.8 Å². The molecule has 1 aromatic carbocycles. The van der Waals surface area contributed by atoms with Crippen molar-refractivity contribution < 1.29 is 4.74 Å². The van der Waals surface area contributed by atoms with E-state index in [4.69, 9.17) is 10.5 Å². The van der Waals surface area contributed by atoms with Crippen molar-refractivity contribution >= 4 is 5.69 Å². The summed E-state index contributed by atoms with van der Waals surface area (Å²) in [4.78, 5) is 0. The lowest BCUT2D eigenvalue weighted by Crippen LogP contribution is -2.47. The highest BCUT2D eigenvalue weighted by Gasteiger charge is 2.25. The van der Waals surface area contributed by atoms with Gasteiger partial charge in [-0.05, 0) is 56.8 Å². The van der Waals surface area contributed by atoms with E-state index in [0.29, 0.717) is 0 Å². The standard InChI is InChI=1S/C15H24N2O/c1-15(8-11-18-12-9-15)17-10-2-3-13-4-6-14(16)7-5-13/h4-7,17H,2-3,8-12,16H2,1H3. The predicted molar refractivity (Wildman–Crippen MR) is 75.6 cm³/mol. The first-order valence-electron chi connectivity index (χ1n) is 6.85. The molecule has 100 valence electrons. The first-order valence-corrected chi connectivity index (χ1v) is 6.85. The average molecular weight is 248 g/mol. The molecule has 3 heteroatoms. The Balaban J connectivity index is 1.67. The van der Waals surface area contributed by atoms with Crippen LogP contribution in [0.25, 0.3) is 0 Å². The molecule has 1 saturated heterocycles. The van der Waals surface area contributed by atoms with Crippen molar-refractivity contribution in [2.45, 2.75) is 38.1 Å². The van der Waals surface area contributed by atoms with Gasteiger partial charge in [-0.1, -0.05) is 12.1 Å². The number of nitrogen functional groups attached to an aromatic ring is 1. The van der Waals surface area contributed by atoms with E-state index in [-0.39, 0.29) is 5.54 Å². The molecule has 3 nitrogen and oxygen atoms in total. The molecule has 1 aliphatic rings. The molecule has 18 heavy (non-hydrogen) atoms. The van der Waals surface area contributed by atoms with Gasteiger partial charge in [0.1, 0.15) is 0 Å². The molecule has 0 radical (unpaired) electrons. The first kappa shape index (κ1) is 13.4. The van der Waals surface area contributed by atoms with Crippen LogP contribution in [0.5, 0.6) is 0 Å². The average Bonchev–Trinajstić information content (AvgIpc) is 2.38. The molecule has 1 heterocycles. The minimum atomic E-state index is 0.277. The van der Waals surface area contributed by atoms with Crippen molar-refractivity contribution in [3.8, 4) is 0 Å². The van der Waals surface area contributed by atoms with Crippen molar-refractivity contribution in [2.24, 2.45) is 0 Å². The molecule has 1 aromatic rings. The normalized spacial score (nSPS) is 18.7. The van der Waals surface area contributed by atoms with E-state index in [1.807, 2.05) is 12.1 Å². The van der Waals surface area contributed by atoms with Gasteiger partial charge in [0.2, 0.25) is 0 Å². The van der Waals surface area contributed by atoms with E-state index in [2.05, 4.69) is 24.4 Å². The summed E-state index contributed by atoms with van der Waals surface area (Å²) in [5, 5.41) is 3.67. The lowest BCUT2D eigenvalue weighted by Gasteiger charge is -2.34. The highest BCUT2D eigenvalue weighted by Crippen LogP contribution is 2.19. The molecule has 0 aromatic heterocycles. The Morgan fingerprint density at radius 2 is 1.89 bits per heavy atom. The number of ether oxygens (including phenoxy) is 1. The minimum Gasteiger partial charge on any atom is -0.399 e. The fraction of sp³-hybridized carbons (Fsp3) is 0.600. The zero-order valence-electron chi connectivity index (χ0n) is 11.2. The summed E-state index contributed by atoms with van der Waals surface area (Å²) in [7, 11) is 0. The van der Waals surface area contributed by atoms with Crippen molar-refractivity contribution in [1.82, 2.24) is 5.32 Å². The number of nitrogens with one attached hydrogen (secondary N) is 1. The fourth-order valence-electron chi connectivity index (χ4n) is 2.37. The van der Waals surface area contributed by atoms with E-state index in [1.54, 1.807) is 0 Å². The predicted octanol–water partition coefficient (Wildman–Crippen LogP) is 2.36. The monoisotopic (exact) mass is 248 g/mol. The quantitative estimate of drug-likeness (QED) is 0.621. The van der Waals surface area contributed by atoms with Crippen LogP contribution in [0.3, 0.4) is 0 Å². The molecule has 2 rings (SSSR count). The Bertz CT molecular complexity index is 355. The van der Waals surface area contributed by atoms with Crippen LogP contribution < -0.4 is 11.1 Å². The summed E-state index contributed by atoms with van der Waals surface area (Å²) in [6.07, 6.45) is 4.52. The maximum absolute atomic E-state index is 5.67. The van der Waals surface area contributed by atoms with Crippen LogP contribution in [0.2, 0.25) is 0 Å². The van der Waals surface area contributed by atoms with Crippen LogP contribution >= 0.6 is 0 Å². The summed E-state index contributed by atoms with van der Waals surface area (Å²) in [6, 6.07) is 8.18. The molecule has 3 N–H and O–H groups in total. The van der Waals surface area contributed by atoms with Crippen molar-refractivity contribution in [1.29, 1.82) is 0 Å². The molecular formula is C15H24N2O. The molecule has 1 aliphatic heterocycles. The Hall–Kier alpha value is -1.06. The third-order valence-electron chi connectivity index (χ3n) is 3.77. The smallest absolute Gasteiger partial charge is 0.0483 e. The molecule has 0 unspecified atom stereocenters. The van der Waals surface area contributed by atoms with E-state index >= 15 is 0 Å². The van der Waals surface area contributed by atoms with Crippen molar-refractivity contribution in [2.75, 3.05) is 25.5 Å². The van der Waals surface area contributed by atoms with Gasteiger partial charge in [0.05, 0.1) is 0 Å². The van der Waals surface area contributed by atoms with E-state index < -0.39 is 0 Å². The highest BCUT2D eigenvalue weighted by atomic mass is 16.5. The summed E-state index contributed by atoms with van der Waals surface area (Å²) < 4.78 is 5.40. The summed E-state index contributed by atoms with van der Waals surface area (Å²) >= 11 is 0. The summed E-state index contributed by atoms with van der Waals surface area (Å²) in [5.41, 5.74) is 8.15. The molecule has 0 amide bonds. The summed E-state index contributed by atoms with van der Waals surface area (Å²) in [6.45, 7) is 5.16. The second kappa shape index (κ2) is 6.21. The van der Waals surface area contributed by atoms with Crippen LogP contribution in [0.1, 0.15) is 31.7 Å². The number of rotatable bonds is 5. The van der Waals surface area contributed by atoms with Gasteiger partial charge >= 0.3 is 0 Å². The molecule has 1 fully saturated rings. The fourth-order valence-corrected chi connectivity index (χ4v) is 2.37. The Labute approximate surface area is 110 Å². The maximum atomic E-state index is 5.67. The number of benzene rings is 1. The largest absolute Gasteiger partial charge is 0.399 e. The molecule has 0 aliphatic carbocycles. The van der Waals surface area contributed by atoms with Crippen molar-refractivity contribution in [3.05, 3.63) is 29.8 Å². The third kappa shape index (κ3) is 4.00. The molecule has 0 saturated carbocycles. The minimum absolute atomic E-state index is 0.277. The van der Waals surface area contributed by atoms with Gasteiger partial charge in [-0.3, -0.25) is 0 Å². The first-order chi connectivity index (χ1) is 8.68. The SMILES string of the molecule is CC1(NCCCc2ccc(N)cc2)CCOCC1. The van der Waals surface area contributed by atoms with Crippen LogP contribution in [0.4, 0.5) is 5.69 Å². The third-order valence-corrected chi connectivity index (χ3v) is 3.77. The maximum Gasteiger partial charge on any atom is 0.0483 e. The Morgan fingerprint density at radius 3 is 2.56 bits per heavy atom. The van der Waals surface area contributed by atoms with Crippen LogP contribution in [0.15, 0.2) is 24.3 Å². The van der Waals surface area contributed by atoms with E-state index in [1.165, 1.54) is 12.0 Å². The van der Waals surface area contributed by atoms with Crippen LogP contribution in [-0.2, 0) is 11.2 Å². The van der Waals surface area contributed by atoms with Gasteiger partial charge in [-0.25, -0.2) is 0 Å². The van der Waals surface area contributed by atoms with Gasteiger partial charge in [0, 0.05) is 24.4 Å². The number of aryl methyl sites for hydroxylation is 1. The number of hydrogen-bond donors (Lipinski definition) is 2. The van der Waals surface area contributed by atoms with Gasteiger partial charge in [-0.2, -0.15) is 0 Å². The van der Waals surface area contributed by atoms with Crippen LogP contribution in [0, 0.1) is 0 Å². The molecule has 0 bridgehead atoms. The van der Waals surface area contributed by atoms with Crippen LogP contribution in [-0.4, -0.2) is 25.3 Å². The van der Waals surface area contributed by atoms with Gasteiger partial charge in [0.25, 0.3) is 0 Å². The number of anilines is 1. The number of hydrogen-bond acceptors (Lipinski definition) is 3. The lowest BCUT2D eigenvalue weighted by molar-refractivity contribution is 0.0454. The Morgan fingerprint density at radius 1 is 1.22 bits per heavy atom. The topological polar surface area (TPSA) is 47.3 Å². The summed E-state index contributed by atoms with van der Waals surface area (Å²) in [5.74, 6) is 0. The van der Waals surface area contributed by atoms with Gasteiger partial charge in [-0.15, -0.1) is 0 Å². The second-order valence-corrected chi connectivity index (χ2v) is 5.44. The van der Waals surface area contributed by atoms with Gasteiger partial charge in [0.15, 0.2) is 0 Å². The second-order valence-electron chi connectivity index (χ2n) is 5.44. The molecule has 0 atom stereocenters. The van der Waals surface area contributed by atoms with Crippen molar-refractivity contribution in [3.63, 3.8) is 0 Å². The molecule has 0 spiro atoms. The van der Waals surface area contributed by atoms with E-state index in [9.17, 15) is 0 Å². The molecular weight excluding hydrogens is 224 g/mol. The zero-order valence-corrected chi connectivity index (χ0v) is 11.2. The zero-order chi connectivity index (χ0) is 12.8. The van der Waals surface area contributed by atoms with E-state index in [0.717, 1.165) is 44.7 Å². The Kier molecular flexibility index (Phi) is 4.61. The number of nitrogens with two attached hydrogens (primary N) is 1. The lowest BCUT2D eigenvalue weighted by atomic mass is 9.92. The highest BCUT2D eigenvalue weighted by molar-refractivity contribution is 5.39.